The molecular weight excluding hydrogens is 400 g/mol. The van der Waals surface area contributed by atoms with Crippen molar-refractivity contribution in [2.45, 2.75) is 6.10 Å². The van der Waals surface area contributed by atoms with Crippen molar-refractivity contribution in [2.24, 2.45) is 11.1 Å². The number of aromatic carboxylic acids is 1. The molecule has 0 aliphatic carbocycles. The largest absolute Gasteiger partial charge is 0.478 e. The maximum absolute atomic E-state index is 13.3. The number of carboxylic acid groups (broad SMARTS) is 1. The summed E-state index contributed by atoms with van der Waals surface area (Å²) in [5.41, 5.74) is 0.470. The van der Waals surface area contributed by atoms with Gasteiger partial charge in [0.1, 0.15) is 11.6 Å². The number of ketones is 1. The van der Waals surface area contributed by atoms with E-state index < -0.39 is 35.6 Å². The van der Waals surface area contributed by atoms with Crippen LogP contribution in [0.15, 0.2) is 71.9 Å². The zero-order valence-electron chi connectivity index (χ0n) is 15.9. The first-order chi connectivity index (χ1) is 15.0. The van der Waals surface area contributed by atoms with Crippen LogP contribution in [0.3, 0.4) is 0 Å². The fourth-order valence-electron chi connectivity index (χ4n) is 3.94. The Kier molecular flexibility index (Phi) is 4.14. The number of benzene rings is 3. The molecule has 2 aliphatic heterocycles. The second-order valence-electron chi connectivity index (χ2n) is 7.20. The highest BCUT2D eigenvalue weighted by molar-refractivity contribution is 6.53. The summed E-state index contributed by atoms with van der Waals surface area (Å²) >= 11 is 0. The van der Waals surface area contributed by atoms with Crippen molar-refractivity contribution in [3.05, 3.63) is 77.9 Å². The van der Waals surface area contributed by atoms with Crippen LogP contribution in [-0.4, -0.2) is 40.5 Å². The van der Waals surface area contributed by atoms with E-state index in [2.05, 4.69) is 5.16 Å². The number of hydrogen-bond donors (Lipinski definition) is 1. The fraction of sp³-hybridized carbons (Fsp3) is 0.0870. The minimum atomic E-state index is -1.22. The lowest BCUT2D eigenvalue weighted by atomic mass is 9.91. The lowest BCUT2D eigenvalue weighted by Gasteiger charge is -2.15. The lowest BCUT2D eigenvalue weighted by Crippen LogP contribution is -2.34. The van der Waals surface area contributed by atoms with Crippen LogP contribution in [-0.2, 0) is 14.4 Å². The number of carbonyl (C=O) groups is 4. The van der Waals surface area contributed by atoms with E-state index in [-0.39, 0.29) is 17.0 Å². The van der Waals surface area contributed by atoms with Crippen LogP contribution >= 0.6 is 0 Å². The molecular formula is C23H14N2O6. The van der Waals surface area contributed by atoms with Gasteiger partial charge < -0.3 is 9.94 Å². The lowest BCUT2D eigenvalue weighted by molar-refractivity contribution is -0.126. The number of oxime groups is 1. The van der Waals surface area contributed by atoms with Gasteiger partial charge in [-0.2, -0.15) is 0 Å². The predicted octanol–water partition coefficient (Wildman–Crippen LogP) is 2.67. The van der Waals surface area contributed by atoms with Crippen molar-refractivity contribution in [1.29, 1.82) is 0 Å². The Morgan fingerprint density at radius 3 is 2.35 bits per heavy atom. The van der Waals surface area contributed by atoms with Gasteiger partial charge in [-0.25, -0.2) is 9.69 Å². The van der Waals surface area contributed by atoms with E-state index in [4.69, 9.17) is 9.94 Å². The van der Waals surface area contributed by atoms with Crippen molar-refractivity contribution in [1.82, 2.24) is 0 Å². The summed E-state index contributed by atoms with van der Waals surface area (Å²) in [4.78, 5) is 56.3. The highest BCUT2D eigenvalue weighted by Gasteiger charge is 2.57. The predicted molar refractivity (Wildman–Crippen MR) is 110 cm³/mol. The van der Waals surface area contributed by atoms with Crippen LogP contribution in [0.1, 0.15) is 20.7 Å². The number of nitrogens with zero attached hydrogens (tertiary/aromatic N) is 2. The zero-order chi connectivity index (χ0) is 21.7. The van der Waals surface area contributed by atoms with Crippen molar-refractivity contribution in [2.75, 3.05) is 4.90 Å². The van der Waals surface area contributed by atoms with Gasteiger partial charge in [0.05, 0.1) is 11.3 Å². The van der Waals surface area contributed by atoms with E-state index in [1.54, 1.807) is 18.2 Å². The number of Topliss-reactive ketones (excluding diaryl/α,β-unsaturated/α-hetero) is 1. The van der Waals surface area contributed by atoms with Crippen LogP contribution in [0.2, 0.25) is 0 Å². The van der Waals surface area contributed by atoms with Gasteiger partial charge in [0.25, 0.3) is 5.91 Å². The van der Waals surface area contributed by atoms with E-state index >= 15 is 0 Å². The van der Waals surface area contributed by atoms with Crippen molar-refractivity contribution < 1.29 is 29.1 Å². The number of imide groups is 1. The molecule has 2 atom stereocenters. The summed E-state index contributed by atoms with van der Waals surface area (Å²) in [6.07, 6.45) is -1.22. The zero-order valence-corrected chi connectivity index (χ0v) is 15.9. The third-order valence-corrected chi connectivity index (χ3v) is 5.45. The first kappa shape index (κ1) is 18.7. The molecule has 0 spiro atoms. The first-order valence-electron chi connectivity index (χ1n) is 9.44. The normalized spacial score (nSPS) is 19.9. The van der Waals surface area contributed by atoms with Gasteiger partial charge in [-0.3, -0.25) is 14.4 Å². The highest BCUT2D eigenvalue weighted by atomic mass is 16.7. The molecule has 0 saturated carbocycles. The number of hydrogen-bond acceptors (Lipinski definition) is 6. The molecule has 8 heteroatoms. The summed E-state index contributed by atoms with van der Waals surface area (Å²) in [5.74, 6) is -4.04. The Hall–Kier alpha value is -4.33. The van der Waals surface area contributed by atoms with Crippen molar-refractivity contribution >= 4 is 45.7 Å². The third-order valence-electron chi connectivity index (χ3n) is 5.45. The number of carboxylic acids is 1. The molecule has 5 rings (SSSR count). The van der Waals surface area contributed by atoms with Crippen molar-refractivity contribution in [3.63, 3.8) is 0 Å². The number of carbonyl (C=O) groups excluding carboxylic acids is 3. The monoisotopic (exact) mass is 414 g/mol. The molecule has 2 heterocycles. The maximum Gasteiger partial charge on any atom is 0.335 e. The van der Waals surface area contributed by atoms with Gasteiger partial charge in [-0.1, -0.05) is 47.6 Å². The molecule has 2 aliphatic rings. The fourth-order valence-corrected chi connectivity index (χ4v) is 3.94. The molecule has 31 heavy (non-hydrogen) atoms. The molecule has 1 fully saturated rings. The van der Waals surface area contributed by atoms with Gasteiger partial charge in [0.15, 0.2) is 0 Å². The Bertz CT molecular complexity index is 1310. The molecule has 0 aromatic heterocycles. The molecule has 2 unspecified atom stereocenters. The molecule has 152 valence electrons. The second kappa shape index (κ2) is 6.88. The van der Waals surface area contributed by atoms with Crippen LogP contribution in [0.5, 0.6) is 0 Å². The van der Waals surface area contributed by atoms with E-state index in [0.29, 0.717) is 10.9 Å². The minimum Gasteiger partial charge on any atom is -0.478 e. The second-order valence-corrected chi connectivity index (χ2v) is 7.20. The average Bonchev–Trinajstić information content (AvgIpc) is 3.33. The molecule has 3 aromatic carbocycles. The maximum atomic E-state index is 13.3. The quantitative estimate of drug-likeness (QED) is 0.519. The van der Waals surface area contributed by atoms with E-state index in [1.165, 1.54) is 24.3 Å². The summed E-state index contributed by atoms with van der Waals surface area (Å²) in [6.45, 7) is 0. The molecule has 1 N–H and O–H groups in total. The third kappa shape index (κ3) is 2.80. The number of amides is 2. The average molecular weight is 414 g/mol. The smallest absolute Gasteiger partial charge is 0.335 e. The van der Waals surface area contributed by atoms with E-state index in [1.807, 2.05) is 24.3 Å². The standard InChI is InChI=1S/C23H14N2O6/c26-19(16-7-3-5-12-4-1-2-6-15(12)16)18-17-20(31-24-18)22(28)25(21(17)27)14-10-8-13(9-11-14)23(29)30/h1-11,17,20H,(H,29,30). The molecule has 0 bridgehead atoms. The topological polar surface area (TPSA) is 113 Å². The Labute approximate surface area is 175 Å². The first-order valence-corrected chi connectivity index (χ1v) is 9.44. The van der Waals surface area contributed by atoms with Crippen LogP contribution in [0, 0.1) is 5.92 Å². The van der Waals surface area contributed by atoms with E-state index in [0.717, 1.165) is 10.3 Å². The van der Waals surface area contributed by atoms with Crippen LogP contribution in [0.25, 0.3) is 10.8 Å². The SMILES string of the molecule is O=C(O)c1ccc(N2C(=O)C3ON=C(C(=O)c4cccc5ccccc45)C3C2=O)cc1. The highest BCUT2D eigenvalue weighted by Crippen LogP contribution is 2.35. The summed E-state index contributed by atoms with van der Waals surface area (Å²) in [6, 6.07) is 17.9. The number of anilines is 1. The van der Waals surface area contributed by atoms with Crippen LogP contribution in [0.4, 0.5) is 5.69 Å². The molecule has 0 radical (unpaired) electrons. The van der Waals surface area contributed by atoms with Crippen LogP contribution < -0.4 is 4.90 Å². The molecule has 3 aromatic rings. The summed E-state index contributed by atoms with van der Waals surface area (Å²) in [7, 11) is 0. The molecule has 2 amide bonds. The summed E-state index contributed by atoms with van der Waals surface area (Å²) in [5, 5.41) is 14.4. The van der Waals surface area contributed by atoms with Gasteiger partial charge in [-0.05, 0) is 35.0 Å². The molecule has 8 nitrogen and oxygen atoms in total. The molecule has 1 saturated heterocycles. The van der Waals surface area contributed by atoms with Gasteiger partial charge >= 0.3 is 5.97 Å². The van der Waals surface area contributed by atoms with Crippen molar-refractivity contribution in [3.8, 4) is 0 Å². The van der Waals surface area contributed by atoms with Gasteiger partial charge in [0, 0.05) is 5.56 Å². The Balaban J connectivity index is 1.49. The van der Waals surface area contributed by atoms with Gasteiger partial charge in [0.2, 0.25) is 17.8 Å². The Morgan fingerprint density at radius 1 is 0.903 bits per heavy atom. The summed E-state index contributed by atoms with van der Waals surface area (Å²) < 4.78 is 0. The number of rotatable bonds is 4. The minimum absolute atomic E-state index is 0.0210. The Morgan fingerprint density at radius 2 is 1.61 bits per heavy atom. The van der Waals surface area contributed by atoms with E-state index in [9.17, 15) is 19.2 Å². The van der Waals surface area contributed by atoms with Gasteiger partial charge in [-0.15, -0.1) is 0 Å². The number of fused-ring (bicyclic) bond motifs is 2.